The SMILES string of the molecule is CN(C)CCOCCNCc1ccc(Br)c(Cl)c1. The number of nitrogens with zero attached hydrogens (tertiary/aromatic N) is 1. The molecule has 1 N–H and O–H groups in total. The van der Waals surface area contributed by atoms with Gasteiger partial charge in [-0.05, 0) is 47.7 Å². The molecule has 0 radical (unpaired) electrons. The quantitative estimate of drug-likeness (QED) is 0.739. The van der Waals surface area contributed by atoms with Crippen LogP contribution < -0.4 is 5.32 Å². The van der Waals surface area contributed by atoms with Gasteiger partial charge in [-0.15, -0.1) is 0 Å². The number of likely N-dealkylation sites (N-methyl/N-ethyl adjacent to an activating group) is 1. The van der Waals surface area contributed by atoms with Crippen molar-refractivity contribution >= 4 is 27.5 Å². The zero-order valence-electron chi connectivity index (χ0n) is 10.9. The van der Waals surface area contributed by atoms with Gasteiger partial charge in [-0.3, -0.25) is 0 Å². The summed E-state index contributed by atoms with van der Waals surface area (Å²) in [6.07, 6.45) is 0. The molecule has 0 fully saturated rings. The molecule has 0 heterocycles. The normalized spacial score (nSPS) is 11.2. The highest BCUT2D eigenvalue weighted by Gasteiger charge is 1.98. The highest BCUT2D eigenvalue weighted by atomic mass is 79.9. The van der Waals surface area contributed by atoms with Gasteiger partial charge >= 0.3 is 0 Å². The van der Waals surface area contributed by atoms with Crippen molar-refractivity contribution in [3.05, 3.63) is 33.3 Å². The number of nitrogens with one attached hydrogen (secondary N) is 1. The molecule has 102 valence electrons. The summed E-state index contributed by atoms with van der Waals surface area (Å²) in [6, 6.07) is 5.98. The lowest BCUT2D eigenvalue weighted by atomic mass is 10.2. The summed E-state index contributed by atoms with van der Waals surface area (Å²) in [7, 11) is 4.08. The van der Waals surface area contributed by atoms with Crippen LogP contribution in [0, 0.1) is 0 Å². The lowest BCUT2D eigenvalue weighted by Crippen LogP contribution is -2.23. The van der Waals surface area contributed by atoms with Gasteiger partial charge in [0.2, 0.25) is 0 Å². The molecule has 5 heteroatoms. The summed E-state index contributed by atoms with van der Waals surface area (Å²) in [5.41, 5.74) is 1.18. The van der Waals surface area contributed by atoms with E-state index in [2.05, 4.69) is 32.2 Å². The molecular formula is C13H20BrClN2O. The molecule has 0 atom stereocenters. The van der Waals surface area contributed by atoms with Gasteiger partial charge in [0.15, 0.2) is 0 Å². The second-order valence-corrected chi connectivity index (χ2v) is 5.60. The monoisotopic (exact) mass is 334 g/mol. The number of ether oxygens (including phenoxy) is 1. The summed E-state index contributed by atoms with van der Waals surface area (Å²) in [5, 5.41) is 4.07. The topological polar surface area (TPSA) is 24.5 Å². The Morgan fingerprint density at radius 3 is 2.78 bits per heavy atom. The minimum absolute atomic E-state index is 0.734. The molecule has 0 unspecified atom stereocenters. The fourth-order valence-electron chi connectivity index (χ4n) is 1.38. The summed E-state index contributed by atoms with van der Waals surface area (Å²) >= 11 is 9.40. The summed E-state index contributed by atoms with van der Waals surface area (Å²) < 4.78 is 6.42. The van der Waals surface area contributed by atoms with E-state index < -0.39 is 0 Å². The zero-order valence-corrected chi connectivity index (χ0v) is 13.2. The first-order valence-corrected chi connectivity index (χ1v) is 7.14. The lowest BCUT2D eigenvalue weighted by molar-refractivity contribution is 0.119. The van der Waals surface area contributed by atoms with Crippen LogP contribution in [0.1, 0.15) is 5.56 Å². The fraction of sp³-hybridized carbons (Fsp3) is 0.538. The molecule has 0 aliphatic carbocycles. The van der Waals surface area contributed by atoms with Crippen molar-refractivity contribution < 1.29 is 4.74 Å². The second kappa shape index (κ2) is 8.88. The smallest absolute Gasteiger partial charge is 0.0593 e. The van der Waals surface area contributed by atoms with Crippen LogP contribution in [-0.4, -0.2) is 45.3 Å². The average molecular weight is 336 g/mol. The maximum absolute atomic E-state index is 6.02. The molecule has 0 saturated carbocycles. The first-order chi connectivity index (χ1) is 8.59. The highest BCUT2D eigenvalue weighted by molar-refractivity contribution is 9.10. The Bertz CT molecular complexity index is 361. The minimum atomic E-state index is 0.734. The number of benzene rings is 1. The molecule has 1 aromatic rings. The second-order valence-electron chi connectivity index (χ2n) is 4.34. The molecule has 0 amide bonds. The van der Waals surface area contributed by atoms with E-state index in [4.69, 9.17) is 16.3 Å². The Morgan fingerprint density at radius 1 is 1.33 bits per heavy atom. The van der Waals surface area contributed by atoms with Gasteiger partial charge in [0.25, 0.3) is 0 Å². The van der Waals surface area contributed by atoms with Crippen LogP contribution in [0.5, 0.6) is 0 Å². The maximum atomic E-state index is 6.02. The molecule has 0 aromatic heterocycles. The van der Waals surface area contributed by atoms with Crippen molar-refractivity contribution in [1.29, 1.82) is 0 Å². The van der Waals surface area contributed by atoms with E-state index in [1.165, 1.54) is 5.56 Å². The van der Waals surface area contributed by atoms with Crippen LogP contribution in [0.15, 0.2) is 22.7 Å². The van der Waals surface area contributed by atoms with Crippen LogP contribution in [0.4, 0.5) is 0 Å². The molecule has 1 aromatic carbocycles. The van der Waals surface area contributed by atoms with E-state index in [1.807, 2.05) is 26.2 Å². The minimum Gasteiger partial charge on any atom is -0.379 e. The Kier molecular flexibility index (Phi) is 7.86. The third-order valence-electron chi connectivity index (χ3n) is 2.42. The van der Waals surface area contributed by atoms with Crippen LogP contribution in [0.3, 0.4) is 0 Å². The van der Waals surface area contributed by atoms with Crippen molar-refractivity contribution in [2.75, 3.05) is 40.4 Å². The molecule has 0 spiro atoms. The third-order valence-corrected chi connectivity index (χ3v) is 3.65. The van der Waals surface area contributed by atoms with Crippen LogP contribution in [-0.2, 0) is 11.3 Å². The number of hydrogen-bond donors (Lipinski definition) is 1. The lowest BCUT2D eigenvalue weighted by Gasteiger charge is -2.10. The van der Waals surface area contributed by atoms with E-state index in [0.29, 0.717) is 0 Å². The third kappa shape index (κ3) is 6.71. The van der Waals surface area contributed by atoms with Gasteiger partial charge in [0.1, 0.15) is 0 Å². The Morgan fingerprint density at radius 2 is 2.11 bits per heavy atom. The standard InChI is InChI=1S/C13H20BrClN2O/c1-17(2)6-8-18-7-5-16-10-11-3-4-12(14)13(15)9-11/h3-4,9,16H,5-8,10H2,1-2H3. The van der Waals surface area contributed by atoms with Crippen molar-refractivity contribution in [1.82, 2.24) is 10.2 Å². The molecule has 0 bridgehead atoms. The van der Waals surface area contributed by atoms with Crippen molar-refractivity contribution in [3.8, 4) is 0 Å². The molecule has 18 heavy (non-hydrogen) atoms. The van der Waals surface area contributed by atoms with Gasteiger partial charge in [-0.2, -0.15) is 0 Å². The van der Waals surface area contributed by atoms with Gasteiger partial charge in [-0.25, -0.2) is 0 Å². The highest BCUT2D eigenvalue weighted by Crippen LogP contribution is 2.22. The largest absolute Gasteiger partial charge is 0.379 e. The first-order valence-electron chi connectivity index (χ1n) is 5.96. The van der Waals surface area contributed by atoms with Crippen LogP contribution >= 0.6 is 27.5 Å². The molecule has 1 rings (SSSR count). The molecule has 3 nitrogen and oxygen atoms in total. The molecule has 0 saturated heterocycles. The van der Waals surface area contributed by atoms with E-state index >= 15 is 0 Å². The molecular weight excluding hydrogens is 316 g/mol. The van der Waals surface area contributed by atoms with E-state index in [-0.39, 0.29) is 0 Å². The Labute approximate surface area is 123 Å². The Balaban J connectivity index is 2.09. The van der Waals surface area contributed by atoms with E-state index in [9.17, 15) is 0 Å². The van der Waals surface area contributed by atoms with Gasteiger partial charge < -0.3 is 15.0 Å². The number of rotatable bonds is 8. The fourth-order valence-corrected chi connectivity index (χ4v) is 1.83. The van der Waals surface area contributed by atoms with Crippen molar-refractivity contribution in [3.63, 3.8) is 0 Å². The zero-order chi connectivity index (χ0) is 13.4. The van der Waals surface area contributed by atoms with Crippen LogP contribution in [0.2, 0.25) is 5.02 Å². The predicted octanol–water partition coefficient (Wildman–Crippen LogP) is 2.77. The number of halogens is 2. The van der Waals surface area contributed by atoms with Gasteiger partial charge in [0.05, 0.1) is 18.2 Å². The predicted molar refractivity (Wildman–Crippen MR) is 80.2 cm³/mol. The van der Waals surface area contributed by atoms with Crippen LogP contribution in [0.25, 0.3) is 0 Å². The number of hydrogen-bond acceptors (Lipinski definition) is 3. The summed E-state index contributed by atoms with van der Waals surface area (Å²) in [5.74, 6) is 0. The van der Waals surface area contributed by atoms with Gasteiger partial charge in [-0.1, -0.05) is 17.7 Å². The van der Waals surface area contributed by atoms with Crippen molar-refractivity contribution in [2.45, 2.75) is 6.54 Å². The maximum Gasteiger partial charge on any atom is 0.0593 e. The Hall–Kier alpha value is -0.130. The van der Waals surface area contributed by atoms with E-state index in [0.717, 1.165) is 42.3 Å². The summed E-state index contributed by atoms with van der Waals surface area (Å²) in [6.45, 7) is 4.13. The van der Waals surface area contributed by atoms with Crippen molar-refractivity contribution in [2.24, 2.45) is 0 Å². The first kappa shape index (κ1) is 15.9. The molecule has 0 aliphatic heterocycles. The summed E-state index contributed by atoms with van der Waals surface area (Å²) in [4.78, 5) is 2.11. The molecule has 0 aliphatic rings. The van der Waals surface area contributed by atoms with E-state index in [1.54, 1.807) is 0 Å². The van der Waals surface area contributed by atoms with Gasteiger partial charge in [0, 0.05) is 24.1 Å². The average Bonchev–Trinajstić information content (AvgIpc) is 2.32.